The average molecular weight is 667 g/mol. The van der Waals surface area contributed by atoms with Gasteiger partial charge in [0.1, 0.15) is 35.0 Å². The van der Waals surface area contributed by atoms with Crippen molar-refractivity contribution in [2.45, 2.75) is 0 Å². The van der Waals surface area contributed by atoms with Crippen molar-refractivity contribution >= 4 is 45.9 Å². The third-order valence-electron chi connectivity index (χ3n) is 8.14. The number of pyridine rings is 2. The number of hydrogen-bond donors (Lipinski definition) is 2. The molecular weight excluding hydrogens is 636 g/mol. The van der Waals surface area contributed by atoms with Crippen molar-refractivity contribution in [1.82, 2.24) is 19.1 Å². The van der Waals surface area contributed by atoms with Gasteiger partial charge in [0, 0.05) is 48.1 Å². The molecule has 0 fully saturated rings. The van der Waals surface area contributed by atoms with E-state index in [0.29, 0.717) is 66.8 Å². The standard InChI is InChI=1S/2C19H15N3O3/c2*1-4-13-17(12(10-20)11-7-5-6-8-14(11)21-13)18-16(23)9-15(22(18)2)19(24)25-3/h2*4-9,23H,1H2,2-3H3. The van der Waals surface area contributed by atoms with Crippen LogP contribution < -0.4 is 0 Å². The lowest BCUT2D eigenvalue weighted by Crippen LogP contribution is -2.09. The fourth-order valence-electron chi connectivity index (χ4n) is 5.84. The molecule has 4 aromatic heterocycles. The van der Waals surface area contributed by atoms with E-state index in [1.807, 2.05) is 24.3 Å². The summed E-state index contributed by atoms with van der Waals surface area (Å²) in [5.41, 5.74) is 4.71. The van der Waals surface area contributed by atoms with Crippen molar-refractivity contribution in [3.8, 4) is 46.2 Å². The van der Waals surface area contributed by atoms with Gasteiger partial charge in [0.25, 0.3) is 0 Å². The third kappa shape index (κ3) is 5.67. The third-order valence-corrected chi connectivity index (χ3v) is 8.14. The number of methoxy groups -OCH3 is 2. The van der Waals surface area contributed by atoms with Crippen LogP contribution in [-0.2, 0) is 23.6 Å². The second-order valence-corrected chi connectivity index (χ2v) is 10.8. The van der Waals surface area contributed by atoms with Gasteiger partial charge in [-0.05, 0) is 24.3 Å². The van der Waals surface area contributed by atoms with E-state index in [0.717, 1.165) is 0 Å². The zero-order valence-corrected chi connectivity index (χ0v) is 27.6. The van der Waals surface area contributed by atoms with Crippen molar-refractivity contribution in [3.05, 3.63) is 108 Å². The first-order valence-electron chi connectivity index (χ1n) is 14.9. The minimum Gasteiger partial charge on any atom is -0.506 e. The van der Waals surface area contributed by atoms with Crippen LogP contribution >= 0.6 is 0 Å². The molecule has 0 aliphatic heterocycles. The summed E-state index contributed by atoms with van der Waals surface area (Å²) in [6.07, 6.45) is 3.04. The van der Waals surface area contributed by atoms with Crippen molar-refractivity contribution in [2.75, 3.05) is 14.2 Å². The molecule has 12 nitrogen and oxygen atoms in total. The molecule has 0 bridgehead atoms. The monoisotopic (exact) mass is 666 g/mol. The SMILES string of the molecule is C=Cc1nc2ccccc2c(C#N)c1-c1c(O)cc(C(=O)OC)n1C.C=Cc1nc2ccccc2c(C#N)c1-c1c(O)cc(C(=O)OC)n1C. The second kappa shape index (κ2) is 13.9. The number of hydrogen-bond acceptors (Lipinski definition) is 10. The summed E-state index contributed by atoms with van der Waals surface area (Å²) in [6, 6.07) is 21.5. The van der Waals surface area contributed by atoms with Gasteiger partial charge >= 0.3 is 11.9 Å². The number of esters is 2. The Labute approximate surface area is 286 Å². The average Bonchev–Trinajstić information content (AvgIpc) is 3.61. The molecule has 0 atom stereocenters. The molecule has 0 saturated heterocycles. The number of aromatic hydroxyl groups is 2. The largest absolute Gasteiger partial charge is 0.506 e. The molecule has 0 unspecified atom stereocenters. The number of nitriles is 2. The molecule has 0 aliphatic carbocycles. The number of fused-ring (bicyclic) bond motifs is 2. The molecule has 50 heavy (non-hydrogen) atoms. The Kier molecular flexibility index (Phi) is 9.49. The normalized spacial score (nSPS) is 10.4. The predicted octanol–water partition coefficient (Wildman–Crippen LogP) is 6.49. The Balaban J connectivity index is 0.000000194. The van der Waals surface area contributed by atoms with Gasteiger partial charge in [0.05, 0.1) is 59.2 Å². The van der Waals surface area contributed by atoms with Crippen LogP contribution in [0.1, 0.15) is 43.5 Å². The van der Waals surface area contributed by atoms with E-state index >= 15 is 0 Å². The number of aromatic nitrogens is 4. The van der Waals surface area contributed by atoms with E-state index in [2.05, 4.69) is 35.3 Å². The molecule has 248 valence electrons. The zero-order chi connectivity index (χ0) is 36.3. The quantitative estimate of drug-likeness (QED) is 0.187. The molecule has 4 heterocycles. The van der Waals surface area contributed by atoms with Crippen molar-refractivity contribution in [3.63, 3.8) is 0 Å². The Hall–Kier alpha value is -7.18. The maximum absolute atomic E-state index is 11.9. The van der Waals surface area contributed by atoms with E-state index in [9.17, 15) is 30.3 Å². The highest BCUT2D eigenvalue weighted by Gasteiger charge is 2.26. The Morgan fingerprint density at radius 3 is 1.40 bits per heavy atom. The molecule has 0 saturated carbocycles. The van der Waals surface area contributed by atoms with Gasteiger partial charge < -0.3 is 28.8 Å². The Bertz CT molecular complexity index is 2290. The van der Waals surface area contributed by atoms with E-state index in [-0.39, 0.29) is 22.9 Å². The van der Waals surface area contributed by atoms with Crippen LogP contribution in [0.3, 0.4) is 0 Å². The van der Waals surface area contributed by atoms with Gasteiger partial charge in [-0.25, -0.2) is 19.6 Å². The summed E-state index contributed by atoms with van der Waals surface area (Å²) in [5.74, 6) is -1.45. The number of nitrogens with zero attached hydrogens (tertiary/aromatic N) is 6. The fourth-order valence-corrected chi connectivity index (χ4v) is 5.84. The summed E-state index contributed by atoms with van der Waals surface area (Å²) < 4.78 is 12.4. The van der Waals surface area contributed by atoms with Crippen molar-refractivity contribution in [2.24, 2.45) is 14.1 Å². The van der Waals surface area contributed by atoms with Crippen LogP contribution in [-0.4, -0.2) is 55.5 Å². The first-order chi connectivity index (χ1) is 24.1. The van der Waals surface area contributed by atoms with E-state index in [1.54, 1.807) is 38.4 Å². The molecule has 6 rings (SSSR count). The highest BCUT2D eigenvalue weighted by atomic mass is 16.5. The van der Waals surface area contributed by atoms with Crippen LogP contribution in [0, 0.1) is 22.7 Å². The summed E-state index contributed by atoms with van der Waals surface area (Å²) in [6.45, 7) is 7.52. The highest BCUT2D eigenvalue weighted by molar-refractivity contribution is 5.99. The fraction of sp³-hybridized carbons (Fsp3) is 0.105. The van der Waals surface area contributed by atoms with Gasteiger partial charge in [-0.1, -0.05) is 49.6 Å². The first-order valence-corrected chi connectivity index (χ1v) is 14.9. The Morgan fingerprint density at radius 2 is 1.08 bits per heavy atom. The summed E-state index contributed by atoms with van der Waals surface area (Å²) in [7, 11) is 5.76. The van der Waals surface area contributed by atoms with E-state index < -0.39 is 11.9 Å². The molecule has 6 aromatic rings. The molecule has 0 radical (unpaired) electrons. The summed E-state index contributed by atoms with van der Waals surface area (Å²) >= 11 is 0. The highest BCUT2D eigenvalue weighted by Crippen LogP contribution is 2.40. The van der Waals surface area contributed by atoms with Gasteiger partial charge in [-0.15, -0.1) is 0 Å². The molecule has 2 aromatic carbocycles. The number of para-hydroxylation sites is 2. The zero-order valence-electron chi connectivity index (χ0n) is 27.6. The van der Waals surface area contributed by atoms with Crippen LogP contribution in [0.25, 0.3) is 56.5 Å². The van der Waals surface area contributed by atoms with Crippen molar-refractivity contribution < 1.29 is 29.3 Å². The van der Waals surface area contributed by atoms with Crippen molar-refractivity contribution in [1.29, 1.82) is 10.5 Å². The minimum absolute atomic E-state index is 0.139. The number of rotatable bonds is 6. The number of ether oxygens (including phenoxy) is 2. The lowest BCUT2D eigenvalue weighted by Gasteiger charge is -2.13. The number of benzene rings is 2. The number of carbonyl (C=O) groups excluding carboxylic acids is 2. The summed E-state index contributed by atoms with van der Waals surface area (Å²) in [4.78, 5) is 32.8. The maximum Gasteiger partial charge on any atom is 0.354 e. The lowest BCUT2D eigenvalue weighted by molar-refractivity contribution is 0.0581. The molecule has 0 aliphatic rings. The minimum atomic E-state index is -0.587. The van der Waals surface area contributed by atoms with Gasteiger partial charge in [-0.2, -0.15) is 10.5 Å². The van der Waals surface area contributed by atoms with Gasteiger partial charge in [0.2, 0.25) is 0 Å². The van der Waals surface area contributed by atoms with Crippen LogP contribution in [0.2, 0.25) is 0 Å². The first kappa shape index (κ1) is 34.2. The molecule has 12 heteroatoms. The number of carbonyl (C=O) groups is 2. The smallest absolute Gasteiger partial charge is 0.354 e. The second-order valence-electron chi connectivity index (χ2n) is 10.8. The Morgan fingerprint density at radius 1 is 0.720 bits per heavy atom. The van der Waals surface area contributed by atoms with Crippen LogP contribution in [0.5, 0.6) is 11.5 Å². The topological polar surface area (TPSA) is 176 Å². The van der Waals surface area contributed by atoms with Gasteiger partial charge in [0.15, 0.2) is 0 Å². The van der Waals surface area contributed by atoms with E-state index in [1.165, 1.54) is 47.6 Å². The molecule has 0 spiro atoms. The summed E-state index contributed by atoms with van der Waals surface area (Å²) in [5, 5.41) is 41.7. The molecule has 0 amide bonds. The molecular formula is C38H30N6O6. The van der Waals surface area contributed by atoms with Crippen LogP contribution in [0.15, 0.2) is 73.8 Å². The lowest BCUT2D eigenvalue weighted by atomic mass is 9.98. The maximum atomic E-state index is 11.9. The predicted molar refractivity (Wildman–Crippen MR) is 188 cm³/mol. The van der Waals surface area contributed by atoms with Gasteiger partial charge in [-0.3, -0.25) is 0 Å². The van der Waals surface area contributed by atoms with E-state index in [4.69, 9.17) is 9.47 Å². The van der Waals surface area contributed by atoms with Crippen LogP contribution in [0.4, 0.5) is 0 Å². The molecule has 2 N–H and O–H groups in total.